The first-order valence-electron chi connectivity index (χ1n) is 12.2. The van der Waals surface area contributed by atoms with Crippen LogP contribution in [-0.2, 0) is 4.79 Å². The third-order valence-electron chi connectivity index (χ3n) is 7.70. The molecule has 36 heavy (non-hydrogen) atoms. The minimum Gasteiger partial charge on any atom is -0.370 e. The van der Waals surface area contributed by atoms with Gasteiger partial charge in [0.2, 0.25) is 5.91 Å². The molecular formula is C26H29F3N6O. The van der Waals surface area contributed by atoms with Crippen LogP contribution in [0.25, 0.3) is 10.9 Å². The van der Waals surface area contributed by atoms with Crippen LogP contribution in [0.3, 0.4) is 0 Å². The van der Waals surface area contributed by atoms with Gasteiger partial charge in [-0.1, -0.05) is 18.2 Å². The van der Waals surface area contributed by atoms with E-state index in [0.29, 0.717) is 22.4 Å². The van der Waals surface area contributed by atoms with Crippen molar-refractivity contribution >= 4 is 28.3 Å². The van der Waals surface area contributed by atoms with Gasteiger partial charge in [-0.25, -0.2) is 13.2 Å². The van der Waals surface area contributed by atoms with Gasteiger partial charge >= 0.3 is 0 Å². The van der Waals surface area contributed by atoms with Crippen molar-refractivity contribution in [2.75, 3.05) is 36.9 Å². The molecule has 0 bridgehead atoms. The maximum atomic E-state index is 14.7. The summed E-state index contributed by atoms with van der Waals surface area (Å²) in [6.07, 6.45) is 1.40. The highest BCUT2D eigenvalue weighted by Crippen LogP contribution is 2.42. The Morgan fingerprint density at radius 1 is 1.08 bits per heavy atom. The van der Waals surface area contributed by atoms with E-state index in [1.807, 2.05) is 24.9 Å². The average Bonchev–Trinajstić information content (AvgIpc) is 3.14. The number of hydrogen-bond acceptors (Lipinski definition) is 6. The van der Waals surface area contributed by atoms with Gasteiger partial charge in [0.05, 0.1) is 40.1 Å². The predicted octanol–water partition coefficient (Wildman–Crippen LogP) is 5.03. The lowest BCUT2D eigenvalue weighted by Crippen LogP contribution is -2.44. The number of nitrogens with zero attached hydrogens (tertiary/aromatic N) is 5. The van der Waals surface area contributed by atoms with E-state index in [1.54, 1.807) is 13.1 Å². The standard InChI is InChI=1S/C26H29F3N6O/c1-15(18-5-4-6-19(21(18)27)23(28)29)31-24-20-13-17(14-30-22(20)16(2)32-33-24)35-11-8-26(9-12-35)7-10-34(3)25(26)36/h4-6,13-15,23H,7-12H2,1-3H3,(H,31,33)/t15-/m1/s1. The molecule has 4 heterocycles. The van der Waals surface area contributed by atoms with Crippen LogP contribution < -0.4 is 10.2 Å². The zero-order chi connectivity index (χ0) is 25.6. The van der Waals surface area contributed by atoms with Crippen molar-refractivity contribution in [1.82, 2.24) is 20.1 Å². The minimum atomic E-state index is -2.90. The van der Waals surface area contributed by atoms with Crippen molar-refractivity contribution in [2.24, 2.45) is 5.41 Å². The van der Waals surface area contributed by atoms with Crippen molar-refractivity contribution in [1.29, 1.82) is 0 Å². The van der Waals surface area contributed by atoms with E-state index < -0.39 is 23.8 Å². The summed E-state index contributed by atoms with van der Waals surface area (Å²) in [6.45, 7) is 5.80. The first-order valence-corrected chi connectivity index (χ1v) is 12.2. The van der Waals surface area contributed by atoms with E-state index in [-0.39, 0.29) is 16.9 Å². The largest absolute Gasteiger partial charge is 0.370 e. The molecule has 0 aliphatic carbocycles. The van der Waals surface area contributed by atoms with E-state index in [1.165, 1.54) is 12.1 Å². The van der Waals surface area contributed by atoms with Crippen molar-refractivity contribution in [2.45, 2.75) is 45.6 Å². The Hall–Kier alpha value is -3.43. The number of anilines is 2. The minimum absolute atomic E-state index is 0.125. The van der Waals surface area contributed by atoms with Crippen molar-refractivity contribution < 1.29 is 18.0 Å². The maximum Gasteiger partial charge on any atom is 0.266 e. The lowest BCUT2D eigenvalue weighted by atomic mass is 9.77. The highest BCUT2D eigenvalue weighted by atomic mass is 19.3. The normalized spacial score (nSPS) is 18.5. The monoisotopic (exact) mass is 498 g/mol. The summed E-state index contributed by atoms with van der Waals surface area (Å²) in [5.74, 6) is -0.279. The number of benzene rings is 1. The number of carbonyl (C=O) groups excluding carboxylic acids is 1. The Labute approximate surface area is 207 Å². The van der Waals surface area contributed by atoms with Gasteiger partial charge in [-0.2, -0.15) is 5.10 Å². The van der Waals surface area contributed by atoms with Crippen molar-refractivity contribution in [3.8, 4) is 0 Å². The summed E-state index contributed by atoms with van der Waals surface area (Å²) in [7, 11) is 1.87. The van der Waals surface area contributed by atoms with Crippen LogP contribution >= 0.6 is 0 Å². The van der Waals surface area contributed by atoms with Crippen LogP contribution in [-0.4, -0.2) is 52.7 Å². The third-order valence-corrected chi connectivity index (χ3v) is 7.70. The van der Waals surface area contributed by atoms with Gasteiger partial charge in [-0.15, -0.1) is 5.10 Å². The molecule has 1 N–H and O–H groups in total. The SMILES string of the molecule is Cc1nnc(N[C@H](C)c2cccc(C(F)F)c2F)c2cc(N3CCC4(CCN(C)C4=O)CC3)cnc12. The summed E-state index contributed by atoms with van der Waals surface area (Å²) in [5, 5.41) is 12.3. The second-order valence-electron chi connectivity index (χ2n) is 9.88. The van der Waals surface area contributed by atoms with E-state index in [0.717, 1.165) is 50.7 Å². The van der Waals surface area contributed by atoms with Crippen LogP contribution in [0.15, 0.2) is 30.5 Å². The summed E-state index contributed by atoms with van der Waals surface area (Å²) in [6, 6.07) is 5.34. The smallest absolute Gasteiger partial charge is 0.266 e. The number of aromatic nitrogens is 3. The Morgan fingerprint density at radius 2 is 1.78 bits per heavy atom. The predicted molar refractivity (Wildman–Crippen MR) is 132 cm³/mol. The molecule has 2 aliphatic heterocycles. The van der Waals surface area contributed by atoms with Gasteiger partial charge < -0.3 is 15.1 Å². The second-order valence-corrected chi connectivity index (χ2v) is 9.88. The first-order chi connectivity index (χ1) is 17.2. The van der Waals surface area contributed by atoms with E-state index >= 15 is 0 Å². The molecule has 0 radical (unpaired) electrons. The maximum absolute atomic E-state index is 14.7. The van der Waals surface area contributed by atoms with Crippen molar-refractivity contribution in [3.63, 3.8) is 0 Å². The molecule has 7 nitrogen and oxygen atoms in total. The van der Waals surface area contributed by atoms with Crippen LogP contribution in [0, 0.1) is 18.2 Å². The van der Waals surface area contributed by atoms with Gasteiger partial charge in [-0.3, -0.25) is 9.78 Å². The molecule has 2 aliphatic rings. The number of fused-ring (bicyclic) bond motifs is 1. The Morgan fingerprint density at radius 3 is 2.44 bits per heavy atom. The molecule has 5 rings (SSSR count). The fourth-order valence-corrected chi connectivity index (χ4v) is 5.43. The second kappa shape index (κ2) is 9.22. The summed E-state index contributed by atoms with van der Waals surface area (Å²) >= 11 is 0. The third kappa shape index (κ3) is 4.12. The fourth-order valence-electron chi connectivity index (χ4n) is 5.43. The van der Waals surface area contributed by atoms with E-state index in [2.05, 4.69) is 25.4 Å². The van der Waals surface area contributed by atoms with Crippen LogP contribution in [0.5, 0.6) is 0 Å². The summed E-state index contributed by atoms with van der Waals surface area (Å²) in [5.41, 5.74) is 1.46. The molecule has 2 saturated heterocycles. The van der Waals surface area contributed by atoms with Gasteiger partial charge in [-0.05, 0) is 39.2 Å². The number of alkyl halides is 2. The summed E-state index contributed by atoms with van der Waals surface area (Å²) < 4.78 is 41.1. The molecule has 0 unspecified atom stereocenters. The van der Waals surface area contributed by atoms with Gasteiger partial charge in [0, 0.05) is 37.6 Å². The molecule has 10 heteroatoms. The molecule has 190 valence electrons. The zero-order valence-electron chi connectivity index (χ0n) is 20.6. The molecule has 3 aromatic rings. The van der Waals surface area contributed by atoms with Gasteiger partial charge in [0.1, 0.15) is 5.82 Å². The number of pyridine rings is 1. The van der Waals surface area contributed by atoms with Gasteiger partial charge in [0.15, 0.2) is 5.82 Å². The Kier molecular flexibility index (Phi) is 6.22. The number of likely N-dealkylation sites (tertiary alicyclic amines) is 1. The van der Waals surface area contributed by atoms with E-state index in [4.69, 9.17) is 0 Å². The highest BCUT2D eigenvalue weighted by Gasteiger charge is 2.46. The molecule has 1 spiro atoms. The van der Waals surface area contributed by atoms with Crippen LogP contribution in [0.4, 0.5) is 24.7 Å². The fraction of sp³-hybridized carbons (Fsp3) is 0.462. The first kappa shape index (κ1) is 24.3. The van der Waals surface area contributed by atoms with Crippen molar-refractivity contribution in [3.05, 3.63) is 53.1 Å². The number of piperidine rings is 1. The zero-order valence-corrected chi connectivity index (χ0v) is 20.6. The molecule has 2 aromatic heterocycles. The number of aryl methyl sites for hydroxylation is 1. The molecule has 0 saturated carbocycles. The number of halogens is 3. The quantitative estimate of drug-likeness (QED) is 0.532. The molecule has 1 aromatic carbocycles. The number of hydrogen-bond donors (Lipinski definition) is 1. The molecule has 2 fully saturated rings. The lowest BCUT2D eigenvalue weighted by molar-refractivity contribution is -0.135. The van der Waals surface area contributed by atoms with E-state index in [9.17, 15) is 18.0 Å². The number of carbonyl (C=O) groups is 1. The molecular weight excluding hydrogens is 469 g/mol. The molecule has 1 atom stereocenters. The molecule has 1 amide bonds. The topological polar surface area (TPSA) is 74.2 Å². The summed E-state index contributed by atoms with van der Waals surface area (Å²) in [4.78, 5) is 21.4. The number of rotatable bonds is 5. The number of amides is 1. The van der Waals surface area contributed by atoms with Crippen LogP contribution in [0.2, 0.25) is 0 Å². The average molecular weight is 499 g/mol. The van der Waals surface area contributed by atoms with Crippen LogP contribution in [0.1, 0.15) is 55.5 Å². The highest BCUT2D eigenvalue weighted by molar-refractivity contribution is 5.92. The van der Waals surface area contributed by atoms with Gasteiger partial charge in [0.25, 0.3) is 6.43 Å². The number of nitrogens with one attached hydrogen (secondary N) is 1. The lowest BCUT2D eigenvalue weighted by Gasteiger charge is -2.38. The Balaban J connectivity index is 1.42. The Bertz CT molecular complexity index is 1310.